The maximum atomic E-state index is 13.2. The summed E-state index contributed by atoms with van der Waals surface area (Å²) in [5.41, 5.74) is 2.87. The Hall–Kier alpha value is -3.73. The Morgan fingerprint density at radius 3 is 2.37 bits per heavy atom. The van der Waals surface area contributed by atoms with Crippen LogP contribution in [0, 0.1) is 0 Å². The number of pyridine rings is 1. The Kier molecular flexibility index (Phi) is 4.74. The minimum absolute atomic E-state index is 0.219. The predicted molar refractivity (Wildman–Crippen MR) is 103 cm³/mol. The molecule has 2 heterocycles. The van der Waals surface area contributed by atoms with Crippen LogP contribution < -0.4 is 4.90 Å². The van der Waals surface area contributed by atoms with E-state index in [1.807, 2.05) is 72.8 Å². The van der Waals surface area contributed by atoms with Gasteiger partial charge in [0.2, 0.25) is 0 Å². The van der Waals surface area contributed by atoms with Crippen molar-refractivity contribution >= 4 is 11.6 Å². The molecule has 4 rings (SSSR count). The first kappa shape index (κ1) is 16.7. The summed E-state index contributed by atoms with van der Waals surface area (Å²) in [6, 6.07) is 24.7. The van der Waals surface area contributed by atoms with E-state index < -0.39 is 0 Å². The molecule has 5 nitrogen and oxygen atoms in total. The van der Waals surface area contributed by atoms with E-state index in [4.69, 9.17) is 4.52 Å². The number of para-hydroxylation sites is 1. The summed E-state index contributed by atoms with van der Waals surface area (Å²) >= 11 is 0. The van der Waals surface area contributed by atoms with Crippen LogP contribution in [0.2, 0.25) is 0 Å². The van der Waals surface area contributed by atoms with Crippen LogP contribution in [0.1, 0.15) is 16.1 Å². The number of aromatic nitrogens is 2. The third-order valence-corrected chi connectivity index (χ3v) is 4.17. The molecule has 0 aliphatic heterocycles. The van der Waals surface area contributed by atoms with Gasteiger partial charge in [0.15, 0.2) is 11.5 Å². The molecule has 2 aromatic carbocycles. The lowest BCUT2D eigenvalue weighted by atomic mass is 10.1. The fourth-order valence-electron chi connectivity index (χ4n) is 2.81. The average Bonchev–Trinajstić information content (AvgIpc) is 3.24. The van der Waals surface area contributed by atoms with Gasteiger partial charge in [-0.05, 0) is 29.8 Å². The van der Waals surface area contributed by atoms with Crippen LogP contribution in [-0.2, 0) is 6.54 Å². The second kappa shape index (κ2) is 7.66. The van der Waals surface area contributed by atoms with Gasteiger partial charge in [0.05, 0.1) is 6.54 Å². The van der Waals surface area contributed by atoms with Crippen LogP contribution in [-0.4, -0.2) is 16.0 Å². The summed E-state index contributed by atoms with van der Waals surface area (Å²) in [7, 11) is 0. The number of benzene rings is 2. The Morgan fingerprint density at radius 2 is 1.67 bits per heavy atom. The Labute approximate surface area is 156 Å². The van der Waals surface area contributed by atoms with E-state index in [1.54, 1.807) is 23.4 Å². The van der Waals surface area contributed by atoms with Crippen molar-refractivity contribution in [3.8, 4) is 11.3 Å². The molecule has 1 amide bonds. The smallest absolute Gasteiger partial charge is 0.280 e. The van der Waals surface area contributed by atoms with Gasteiger partial charge in [0.1, 0.15) is 0 Å². The van der Waals surface area contributed by atoms with Crippen LogP contribution in [0.25, 0.3) is 11.3 Å². The molecule has 132 valence electrons. The molecular weight excluding hydrogens is 338 g/mol. The topological polar surface area (TPSA) is 59.2 Å². The molecule has 4 aromatic rings. The van der Waals surface area contributed by atoms with Gasteiger partial charge >= 0.3 is 0 Å². The molecule has 0 N–H and O–H groups in total. The lowest BCUT2D eigenvalue weighted by Gasteiger charge is -2.22. The van der Waals surface area contributed by atoms with Gasteiger partial charge in [-0.15, -0.1) is 0 Å². The molecule has 2 aromatic heterocycles. The third-order valence-electron chi connectivity index (χ3n) is 4.17. The summed E-state index contributed by atoms with van der Waals surface area (Å²) in [6.07, 6.45) is 3.36. The lowest BCUT2D eigenvalue weighted by Crippen LogP contribution is -2.30. The zero-order valence-corrected chi connectivity index (χ0v) is 14.5. The van der Waals surface area contributed by atoms with Crippen LogP contribution in [0.15, 0.2) is 95.8 Å². The maximum absolute atomic E-state index is 13.2. The fourth-order valence-corrected chi connectivity index (χ4v) is 2.81. The van der Waals surface area contributed by atoms with E-state index in [9.17, 15) is 4.79 Å². The number of carbonyl (C=O) groups is 1. The second-order valence-electron chi connectivity index (χ2n) is 6.03. The van der Waals surface area contributed by atoms with Gasteiger partial charge in [-0.25, -0.2) is 0 Å². The Bertz CT molecular complexity index is 1020. The maximum Gasteiger partial charge on any atom is 0.280 e. The molecule has 0 atom stereocenters. The predicted octanol–water partition coefficient (Wildman–Crippen LogP) is 4.58. The lowest BCUT2D eigenvalue weighted by molar-refractivity contribution is 0.0976. The molecule has 0 bridgehead atoms. The molecule has 0 fully saturated rings. The largest absolute Gasteiger partial charge is 0.355 e. The Balaban J connectivity index is 1.66. The minimum atomic E-state index is -0.219. The Morgan fingerprint density at radius 1 is 0.926 bits per heavy atom. The van der Waals surface area contributed by atoms with Crippen molar-refractivity contribution in [1.82, 2.24) is 10.1 Å². The summed E-state index contributed by atoms with van der Waals surface area (Å²) < 4.78 is 5.37. The highest BCUT2D eigenvalue weighted by atomic mass is 16.5. The quantitative estimate of drug-likeness (QED) is 0.526. The number of anilines is 1. The summed E-state index contributed by atoms with van der Waals surface area (Å²) in [6.45, 7) is 0.443. The second-order valence-corrected chi connectivity index (χ2v) is 6.03. The molecule has 27 heavy (non-hydrogen) atoms. The van der Waals surface area contributed by atoms with Crippen molar-refractivity contribution in [2.45, 2.75) is 6.54 Å². The van der Waals surface area contributed by atoms with Crippen molar-refractivity contribution in [1.29, 1.82) is 0 Å². The number of rotatable bonds is 5. The first-order valence-corrected chi connectivity index (χ1v) is 8.59. The van der Waals surface area contributed by atoms with Gasteiger partial charge < -0.3 is 9.42 Å². The standard InChI is InChI=1S/C22H17N3O2/c26-22(20-14-21(27-24-20)18-10-7-13-23-15-18)25(19-11-5-2-6-12-19)16-17-8-3-1-4-9-17/h1-15H,16H2. The number of amides is 1. The molecule has 0 spiro atoms. The van der Waals surface area contributed by atoms with Gasteiger partial charge in [0, 0.05) is 29.7 Å². The summed E-state index contributed by atoms with van der Waals surface area (Å²) in [4.78, 5) is 18.9. The monoisotopic (exact) mass is 355 g/mol. The number of nitrogens with zero attached hydrogens (tertiary/aromatic N) is 3. The first-order valence-electron chi connectivity index (χ1n) is 8.59. The van der Waals surface area contributed by atoms with Gasteiger partial charge in [-0.1, -0.05) is 53.7 Å². The number of carbonyl (C=O) groups excluding carboxylic acids is 1. The summed E-state index contributed by atoms with van der Waals surface area (Å²) in [5.74, 6) is 0.295. The fraction of sp³-hybridized carbons (Fsp3) is 0.0455. The molecular formula is C22H17N3O2. The molecule has 0 saturated carbocycles. The van der Waals surface area contributed by atoms with E-state index >= 15 is 0 Å². The highest BCUT2D eigenvalue weighted by molar-refractivity contribution is 6.05. The molecule has 5 heteroatoms. The van der Waals surface area contributed by atoms with Gasteiger partial charge in [0.25, 0.3) is 5.91 Å². The van der Waals surface area contributed by atoms with E-state index in [0.29, 0.717) is 12.3 Å². The molecule has 0 aliphatic rings. The van der Waals surface area contributed by atoms with Crippen molar-refractivity contribution in [3.05, 3.63) is 103 Å². The molecule has 0 radical (unpaired) electrons. The molecule has 0 saturated heterocycles. The van der Waals surface area contributed by atoms with Crippen LogP contribution in [0.5, 0.6) is 0 Å². The highest BCUT2D eigenvalue weighted by Gasteiger charge is 2.22. The van der Waals surface area contributed by atoms with Crippen LogP contribution in [0.4, 0.5) is 5.69 Å². The minimum Gasteiger partial charge on any atom is -0.355 e. The van der Waals surface area contributed by atoms with Crippen molar-refractivity contribution < 1.29 is 9.32 Å². The van der Waals surface area contributed by atoms with Crippen molar-refractivity contribution in [3.63, 3.8) is 0 Å². The van der Waals surface area contributed by atoms with Gasteiger partial charge in [-0.3, -0.25) is 9.78 Å². The third kappa shape index (κ3) is 3.77. The number of hydrogen-bond acceptors (Lipinski definition) is 4. The SMILES string of the molecule is O=C(c1cc(-c2cccnc2)on1)N(Cc1ccccc1)c1ccccc1. The average molecular weight is 355 g/mol. The van der Waals surface area contributed by atoms with Gasteiger partial charge in [-0.2, -0.15) is 0 Å². The van der Waals surface area contributed by atoms with Crippen LogP contribution in [0.3, 0.4) is 0 Å². The normalized spacial score (nSPS) is 10.5. The van der Waals surface area contributed by atoms with Crippen molar-refractivity contribution in [2.24, 2.45) is 0 Å². The molecule has 0 unspecified atom stereocenters. The van der Waals surface area contributed by atoms with E-state index in [1.165, 1.54) is 0 Å². The molecule has 0 aliphatic carbocycles. The van der Waals surface area contributed by atoms with Crippen LogP contribution >= 0.6 is 0 Å². The number of hydrogen-bond donors (Lipinski definition) is 0. The highest BCUT2D eigenvalue weighted by Crippen LogP contribution is 2.23. The zero-order valence-electron chi connectivity index (χ0n) is 14.5. The van der Waals surface area contributed by atoms with E-state index in [-0.39, 0.29) is 11.6 Å². The zero-order chi connectivity index (χ0) is 18.5. The van der Waals surface area contributed by atoms with E-state index in [2.05, 4.69) is 10.1 Å². The summed E-state index contributed by atoms with van der Waals surface area (Å²) in [5, 5.41) is 3.99. The first-order chi connectivity index (χ1) is 13.3. The van der Waals surface area contributed by atoms with E-state index in [0.717, 1.165) is 16.8 Å². The van der Waals surface area contributed by atoms with Crippen molar-refractivity contribution in [2.75, 3.05) is 4.90 Å².